The zero-order valence-corrected chi connectivity index (χ0v) is 24.7. The Morgan fingerprint density at radius 2 is 1.00 bits per heavy atom. The van der Waals surface area contributed by atoms with Crippen molar-refractivity contribution in [3.8, 4) is 0 Å². The zero-order valence-electron chi connectivity index (χ0n) is 23.7. The number of hydrogen-bond acceptors (Lipinski definition) is 4. The Kier molecular flexibility index (Phi) is 25.8. The number of nitrogens with one attached hydrogen (secondary N) is 1. The van der Waals surface area contributed by atoms with Gasteiger partial charge in [0.25, 0.3) is 0 Å². The smallest absolute Gasteiger partial charge is 0.377 e. The van der Waals surface area contributed by atoms with Gasteiger partial charge in [0.15, 0.2) is 0 Å². The second-order valence-corrected chi connectivity index (χ2v) is 13.0. The van der Waals surface area contributed by atoms with Gasteiger partial charge >= 0.3 is 8.80 Å². The zero-order chi connectivity index (χ0) is 25.9. The molecule has 0 rings (SSSR count). The molecule has 0 aliphatic rings. The van der Waals surface area contributed by atoms with Crippen LogP contribution in [0.15, 0.2) is 12.7 Å². The number of allylic oxidation sites excluding steroid dienone is 1. The van der Waals surface area contributed by atoms with Crippen LogP contribution in [0.25, 0.3) is 0 Å². The third-order valence-corrected chi connectivity index (χ3v) is 9.81. The minimum atomic E-state index is -2.51. The lowest BCUT2D eigenvalue weighted by atomic mass is 10.0. The van der Waals surface area contributed by atoms with Gasteiger partial charge in [0.05, 0.1) is 0 Å². The van der Waals surface area contributed by atoms with Crippen LogP contribution in [0.3, 0.4) is 0 Å². The molecular weight excluding hydrogens is 454 g/mol. The highest BCUT2D eigenvalue weighted by Crippen LogP contribution is 2.16. The predicted molar refractivity (Wildman–Crippen MR) is 152 cm³/mol. The van der Waals surface area contributed by atoms with Crippen LogP contribution in [-0.4, -0.2) is 42.6 Å². The highest BCUT2D eigenvalue weighted by molar-refractivity contribution is 6.60. The van der Waals surface area contributed by atoms with Crippen molar-refractivity contribution in [2.45, 2.75) is 141 Å². The average molecular weight is 514 g/mol. The van der Waals surface area contributed by atoms with Gasteiger partial charge < -0.3 is 18.6 Å². The molecule has 0 fully saturated rings. The molecule has 0 aromatic carbocycles. The van der Waals surface area contributed by atoms with E-state index in [4.69, 9.17) is 13.3 Å². The molecule has 0 radical (unpaired) electrons. The van der Waals surface area contributed by atoms with Crippen LogP contribution in [0.2, 0.25) is 6.04 Å². The topological polar surface area (TPSA) is 56.8 Å². The van der Waals surface area contributed by atoms with E-state index in [1.807, 2.05) is 6.08 Å². The molecular formula is C29H59NO4Si. The molecule has 1 N–H and O–H groups in total. The first-order chi connectivity index (χ1) is 17.1. The summed E-state index contributed by atoms with van der Waals surface area (Å²) in [6, 6.07) is 0.716. The lowest BCUT2D eigenvalue weighted by molar-refractivity contribution is -0.121. The molecule has 0 bridgehead atoms. The summed E-state index contributed by atoms with van der Waals surface area (Å²) >= 11 is 0. The van der Waals surface area contributed by atoms with Crippen LogP contribution in [0.1, 0.15) is 135 Å². The molecule has 0 heterocycles. The highest BCUT2D eigenvalue weighted by atomic mass is 28.4. The van der Waals surface area contributed by atoms with Crippen molar-refractivity contribution in [2.75, 3.05) is 27.9 Å². The average Bonchev–Trinajstić information content (AvgIpc) is 2.88. The van der Waals surface area contributed by atoms with E-state index in [2.05, 4.69) is 11.9 Å². The van der Waals surface area contributed by atoms with Crippen LogP contribution in [0.5, 0.6) is 0 Å². The molecule has 35 heavy (non-hydrogen) atoms. The van der Waals surface area contributed by atoms with E-state index < -0.39 is 8.80 Å². The Bertz CT molecular complexity index is 463. The molecule has 208 valence electrons. The van der Waals surface area contributed by atoms with E-state index in [0.717, 1.165) is 19.3 Å². The number of unbranched alkanes of at least 4 members (excludes halogenated alkanes) is 18. The Labute approximate surface area is 219 Å². The van der Waals surface area contributed by atoms with Gasteiger partial charge in [-0.3, -0.25) is 4.79 Å². The standard InChI is InChI=1S/C29H59NO4Si/c1-5-6-7-8-9-10-11-12-13-14-15-16-17-18-19-20-21-22-23-24-26-29(31)30-27-25-28-35(32-2,33-3)34-4/h5H,1,6-28H2,2-4H3,(H,30,31). The maximum Gasteiger partial charge on any atom is 0.500 e. The van der Waals surface area contributed by atoms with Gasteiger partial charge in [-0.1, -0.05) is 109 Å². The first-order valence-corrected chi connectivity index (χ1v) is 16.6. The molecule has 0 saturated carbocycles. The Morgan fingerprint density at radius 1 is 0.629 bits per heavy atom. The fourth-order valence-corrected chi connectivity index (χ4v) is 6.30. The quantitative estimate of drug-likeness (QED) is 0.0648. The maximum atomic E-state index is 12.0. The lowest BCUT2D eigenvalue weighted by Crippen LogP contribution is -2.43. The van der Waals surface area contributed by atoms with Gasteiger partial charge in [0.2, 0.25) is 5.91 Å². The largest absolute Gasteiger partial charge is 0.500 e. The minimum absolute atomic E-state index is 0.156. The molecule has 6 heteroatoms. The van der Waals surface area contributed by atoms with Gasteiger partial charge in [-0.2, -0.15) is 0 Å². The van der Waals surface area contributed by atoms with Crippen molar-refractivity contribution in [2.24, 2.45) is 0 Å². The van der Waals surface area contributed by atoms with Gasteiger partial charge in [-0.25, -0.2) is 0 Å². The third kappa shape index (κ3) is 22.2. The van der Waals surface area contributed by atoms with E-state index in [1.165, 1.54) is 109 Å². The fourth-order valence-electron chi connectivity index (χ4n) is 4.58. The van der Waals surface area contributed by atoms with Crippen molar-refractivity contribution in [3.05, 3.63) is 12.7 Å². The van der Waals surface area contributed by atoms with Gasteiger partial charge in [0, 0.05) is 40.3 Å². The fraction of sp³-hybridized carbons (Fsp3) is 0.897. The van der Waals surface area contributed by atoms with Crippen molar-refractivity contribution < 1.29 is 18.1 Å². The summed E-state index contributed by atoms with van der Waals surface area (Å²) in [7, 11) is 2.35. The van der Waals surface area contributed by atoms with Crippen LogP contribution < -0.4 is 5.32 Å². The van der Waals surface area contributed by atoms with Gasteiger partial charge in [-0.05, 0) is 25.7 Å². The number of carbonyl (C=O) groups excluding carboxylic acids is 1. The van der Waals surface area contributed by atoms with Crippen LogP contribution in [0, 0.1) is 0 Å². The third-order valence-electron chi connectivity index (χ3n) is 6.98. The minimum Gasteiger partial charge on any atom is -0.377 e. The summed E-state index contributed by atoms with van der Waals surface area (Å²) in [5.74, 6) is 0.156. The number of amides is 1. The van der Waals surface area contributed by atoms with Crippen molar-refractivity contribution in [3.63, 3.8) is 0 Å². The predicted octanol–water partition coefficient (Wildman–Crippen LogP) is 8.36. The molecule has 0 aliphatic carbocycles. The molecule has 0 aliphatic heterocycles. The SMILES string of the molecule is C=CCCCCCCCCCCCCCCCCCCCCC(=O)NCCC[Si](OC)(OC)OC. The van der Waals surface area contributed by atoms with Crippen molar-refractivity contribution in [1.82, 2.24) is 5.32 Å². The monoisotopic (exact) mass is 513 g/mol. The summed E-state index contributed by atoms with van der Waals surface area (Å²) in [5.41, 5.74) is 0. The maximum absolute atomic E-state index is 12.0. The summed E-state index contributed by atoms with van der Waals surface area (Å²) in [4.78, 5) is 12.0. The summed E-state index contributed by atoms with van der Waals surface area (Å²) < 4.78 is 16.2. The normalized spacial score (nSPS) is 11.6. The second kappa shape index (κ2) is 26.4. The summed E-state index contributed by atoms with van der Waals surface area (Å²) in [6.07, 6.45) is 29.0. The Morgan fingerprint density at radius 3 is 1.37 bits per heavy atom. The molecule has 5 nitrogen and oxygen atoms in total. The van der Waals surface area contributed by atoms with E-state index in [9.17, 15) is 4.79 Å². The number of hydrogen-bond donors (Lipinski definition) is 1. The highest BCUT2D eigenvalue weighted by Gasteiger charge is 2.36. The van der Waals surface area contributed by atoms with Crippen LogP contribution >= 0.6 is 0 Å². The molecule has 0 aromatic rings. The van der Waals surface area contributed by atoms with E-state index >= 15 is 0 Å². The molecule has 0 unspecified atom stereocenters. The molecule has 0 aromatic heterocycles. The lowest BCUT2D eigenvalue weighted by Gasteiger charge is -2.24. The van der Waals surface area contributed by atoms with E-state index in [-0.39, 0.29) is 5.91 Å². The van der Waals surface area contributed by atoms with E-state index in [1.54, 1.807) is 21.3 Å². The molecule has 0 spiro atoms. The molecule has 0 atom stereocenters. The Balaban J connectivity index is 3.27. The number of carbonyl (C=O) groups is 1. The first kappa shape index (κ1) is 34.3. The van der Waals surface area contributed by atoms with E-state index in [0.29, 0.717) is 19.0 Å². The van der Waals surface area contributed by atoms with Gasteiger partial charge in [0.1, 0.15) is 0 Å². The van der Waals surface area contributed by atoms with Crippen molar-refractivity contribution >= 4 is 14.7 Å². The Hall–Kier alpha value is -0.693. The van der Waals surface area contributed by atoms with Crippen LogP contribution in [-0.2, 0) is 18.1 Å². The van der Waals surface area contributed by atoms with Crippen molar-refractivity contribution in [1.29, 1.82) is 0 Å². The second-order valence-electron chi connectivity index (χ2n) is 9.94. The molecule has 1 amide bonds. The number of rotatable bonds is 28. The summed E-state index contributed by atoms with van der Waals surface area (Å²) in [5, 5.41) is 3.00. The molecule has 0 saturated heterocycles. The first-order valence-electron chi connectivity index (χ1n) is 14.7. The van der Waals surface area contributed by atoms with Gasteiger partial charge in [-0.15, -0.1) is 6.58 Å². The summed E-state index contributed by atoms with van der Waals surface area (Å²) in [6.45, 7) is 4.44. The van der Waals surface area contributed by atoms with Crippen LogP contribution in [0.4, 0.5) is 0 Å².